The van der Waals surface area contributed by atoms with E-state index in [1.165, 1.54) is 95.2 Å². The Labute approximate surface area is 227 Å². The van der Waals surface area contributed by atoms with Crippen LogP contribution in [0, 0.1) is 0 Å². The summed E-state index contributed by atoms with van der Waals surface area (Å²) >= 11 is 1.37. The van der Waals surface area contributed by atoms with Gasteiger partial charge in [-0.15, -0.1) is 11.8 Å². The number of thioether (sulfide) groups is 1. The summed E-state index contributed by atoms with van der Waals surface area (Å²) in [7, 11) is 0. The molecule has 0 aliphatic carbocycles. The normalized spacial score (nSPS) is 12.9. The van der Waals surface area contributed by atoms with Gasteiger partial charge in [-0.1, -0.05) is 117 Å². The average Bonchev–Trinajstić information content (AvgIpc) is 2.86. The van der Waals surface area contributed by atoms with Crippen LogP contribution < -0.4 is 0 Å². The average molecular weight is 531 g/mol. The highest BCUT2D eigenvalue weighted by molar-refractivity contribution is 8.01. The molecule has 214 valence electrons. The predicted octanol–water partition coefficient (Wildman–Crippen LogP) is 9.01. The van der Waals surface area contributed by atoms with E-state index >= 15 is 0 Å². The number of carbonyl (C=O) groups is 2. The van der Waals surface area contributed by atoms with Gasteiger partial charge < -0.3 is 14.2 Å². The second-order valence-corrected chi connectivity index (χ2v) is 11.5. The fourth-order valence-electron chi connectivity index (χ4n) is 3.95. The molecule has 0 aliphatic heterocycles. The molecule has 0 rings (SSSR count). The molecule has 0 fully saturated rings. The topological polar surface area (TPSA) is 61.8 Å². The number of hydrogen-bond donors (Lipinski definition) is 0. The first-order valence-corrected chi connectivity index (χ1v) is 16.1. The molecule has 0 heterocycles. The molecule has 5 nitrogen and oxygen atoms in total. The lowest BCUT2D eigenvalue weighted by Gasteiger charge is -2.20. The highest BCUT2D eigenvalue weighted by atomic mass is 32.2. The first-order valence-electron chi connectivity index (χ1n) is 15.1. The minimum atomic E-state index is -0.581. The Bertz CT molecular complexity index is 500. The molecule has 0 aliphatic rings. The quantitative estimate of drug-likeness (QED) is 0.0600. The maximum atomic E-state index is 12.5. The molecule has 2 atom stereocenters. The Balaban J connectivity index is 3.93. The third kappa shape index (κ3) is 23.6. The van der Waals surface area contributed by atoms with Gasteiger partial charge in [0.1, 0.15) is 10.7 Å². The van der Waals surface area contributed by atoms with Crippen LogP contribution in [-0.2, 0) is 23.8 Å². The van der Waals surface area contributed by atoms with Gasteiger partial charge in [0.25, 0.3) is 0 Å². The third-order valence-corrected chi connectivity index (χ3v) is 7.53. The Morgan fingerprint density at radius 3 is 1.53 bits per heavy atom. The highest BCUT2D eigenvalue weighted by Gasteiger charge is 2.27. The lowest BCUT2D eigenvalue weighted by molar-refractivity contribution is -0.149. The van der Waals surface area contributed by atoms with Gasteiger partial charge in [0.05, 0.1) is 19.6 Å². The van der Waals surface area contributed by atoms with Crippen LogP contribution in [0.1, 0.15) is 150 Å². The number of carbonyl (C=O) groups excluding carboxylic acids is 2. The smallest absolute Gasteiger partial charge is 0.319 e. The Hall–Kier alpha value is -0.750. The first-order chi connectivity index (χ1) is 17.5. The zero-order valence-corrected chi connectivity index (χ0v) is 25.0. The summed E-state index contributed by atoms with van der Waals surface area (Å²) in [6, 6.07) is 0. The second-order valence-electron chi connectivity index (χ2n) is 9.96. The van der Waals surface area contributed by atoms with E-state index < -0.39 is 5.25 Å². The van der Waals surface area contributed by atoms with Crippen molar-refractivity contribution in [2.45, 2.75) is 160 Å². The van der Waals surface area contributed by atoms with Crippen LogP contribution in [0.25, 0.3) is 0 Å². The third-order valence-electron chi connectivity index (χ3n) is 6.32. The summed E-state index contributed by atoms with van der Waals surface area (Å²) in [5.74, 6) is -0.680. The SMILES string of the molecule is CCCCCCCCCCCCCCCCOC(C)SC(CC(=O)OCCCC)C(=O)OCCCC. The summed E-state index contributed by atoms with van der Waals surface area (Å²) in [6.07, 6.45) is 22.3. The van der Waals surface area contributed by atoms with Crippen LogP contribution in [0.4, 0.5) is 0 Å². The fraction of sp³-hybridized carbons (Fsp3) is 0.933. The van der Waals surface area contributed by atoms with Gasteiger partial charge in [0.15, 0.2) is 0 Å². The van der Waals surface area contributed by atoms with Crippen molar-refractivity contribution >= 4 is 23.7 Å². The molecule has 0 aromatic carbocycles. The molecular weight excluding hydrogens is 472 g/mol. The summed E-state index contributed by atoms with van der Waals surface area (Å²) in [5, 5.41) is -0.581. The van der Waals surface area contributed by atoms with Crippen molar-refractivity contribution in [3.8, 4) is 0 Å². The summed E-state index contributed by atoms with van der Waals surface area (Å²) < 4.78 is 16.6. The van der Waals surface area contributed by atoms with Crippen molar-refractivity contribution in [3.05, 3.63) is 0 Å². The second kappa shape index (κ2) is 27.3. The van der Waals surface area contributed by atoms with Gasteiger partial charge in [0.2, 0.25) is 0 Å². The van der Waals surface area contributed by atoms with Gasteiger partial charge in [-0.05, 0) is 26.2 Å². The van der Waals surface area contributed by atoms with E-state index in [1.54, 1.807) is 0 Å². The molecule has 0 aromatic rings. The summed E-state index contributed by atoms with van der Waals surface area (Å²) in [4.78, 5) is 24.7. The number of hydrogen-bond acceptors (Lipinski definition) is 6. The zero-order valence-electron chi connectivity index (χ0n) is 24.2. The van der Waals surface area contributed by atoms with Crippen molar-refractivity contribution in [1.29, 1.82) is 0 Å². The fourth-order valence-corrected chi connectivity index (χ4v) is 5.00. The molecule has 0 amide bonds. The number of rotatable bonds is 27. The standard InChI is InChI=1S/C30H58O5S/c1-5-8-11-12-13-14-15-16-17-18-19-20-21-22-25-33-27(4)36-28(30(32)35-24-10-7-3)26-29(31)34-23-9-6-2/h27-28H,5-26H2,1-4H3. The van der Waals surface area contributed by atoms with Crippen LogP contribution in [0.15, 0.2) is 0 Å². The Morgan fingerprint density at radius 2 is 1.03 bits per heavy atom. The van der Waals surface area contributed by atoms with Crippen molar-refractivity contribution in [1.82, 2.24) is 0 Å². The molecule has 0 saturated carbocycles. The van der Waals surface area contributed by atoms with E-state index in [9.17, 15) is 9.59 Å². The minimum Gasteiger partial charge on any atom is -0.466 e. The highest BCUT2D eigenvalue weighted by Crippen LogP contribution is 2.24. The molecule has 36 heavy (non-hydrogen) atoms. The molecule has 0 bridgehead atoms. The molecule has 0 N–H and O–H groups in total. The Morgan fingerprint density at radius 1 is 0.583 bits per heavy atom. The number of unbranched alkanes of at least 4 members (excludes halogenated alkanes) is 15. The van der Waals surface area contributed by atoms with Gasteiger partial charge in [-0.3, -0.25) is 9.59 Å². The van der Waals surface area contributed by atoms with Gasteiger partial charge >= 0.3 is 11.9 Å². The van der Waals surface area contributed by atoms with Crippen molar-refractivity contribution in [2.75, 3.05) is 19.8 Å². The van der Waals surface area contributed by atoms with Crippen LogP contribution in [0.2, 0.25) is 0 Å². The largest absolute Gasteiger partial charge is 0.466 e. The van der Waals surface area contributed by atoms with Gasteiger partial charge in [-0.2, -0.15) is 0 Å². The number of esters is 2. The molecule has 0 spiro atoms. The monoisotopic (exact) mass is 530 g/mol. The first kappa shape index (κ1) is 35.2. The number of ether oxygens (including phenoxy) is 3. The van der Waals surface area contributed by atoms with Crippen LogP contribution >= 0.6 is 11.8 Å². The summed E-state index contributed by atoms with van der Waals surface area (Å²) in [5.41, 5.74) is -0.167. The van der Waals surface area contributed by atoms with E-state index in [4.69, 9.17) is 14.2 Å². The molecule has 0 radical (unpaired) electrons. The minimum absolute atomic E-state index is 0.0336. The van der Waals surface area contributed by atoms with Gasteiger partial charge in [0, 0.05) is 6.61 Å². The van der Waals surface area contributed by atoms with Crippen molar-refractivity contribution < 1.29 is 23.8 Å². The molecule has 2 unspecified atom stereocenters. The van der Waals surface area contributed by atoms with Gasteiger partial charge in [-0.25, -0.2) is 0 Å². The summed E-state index contributed by atoms with van der Waals surface area (Å²) in [6.45, 7) is 9.81. The zero-order chi connectivity index (χ0) is 26.7. The van der Waals surface area contributed by atoms with Crippen LogP contribution in [0.5, 0.6) is 0 Å². The maximum absolute atomic E-state index is 12.5. The van der Waals surface area contributed by atoms with E-state index in [0.29, 0.717) is 19.8 Å². The van der Waals surface area contributed by atoms with Crippen LogP contribution in [0.3, 0.4) is 0 Å². The van der Waals surface area contributed by atoms with Crippen molar-refractivity contribution in [3.63, 3.8) is 0 Å². The predicted molar refractivity (Wildman–Crippen MR) is 153 cm³/mol. The van der Waals surface area contributed by atoms with E-state index in [-0.39, 0.29) is 23.8 Å². The van der Waals surface area contributed by atoms with E-state index in [2.05, 4.69) is 20.8 Å². The van der Waals surface area contributed by atoms with Crippen molar-refractivity contribution in [2.24, 2.45) is 0 Å². The lowest BCUT2D eigenvalue weighted by atomic mass is 10.0. The lowest BCUT2D eigenvalue weighted by Crippen LogP contribution is -2.27. The van der Waals surface area contributed by atoms with E-state index in [0.717, 1.165) is 32.1 Å². The van der Waals surface area contributed by atoms with E-state index in [1.807, 2.05) is 6.92 Å². The molecule has 6 heteroatoms. The molecular formula is C30H58O5S. The Kier molecular flexibility index (Phi) is 26.7. The van der Waals surface area contributed by atoms with Crippen LogP contribution in [-0.4, -0.2) is 42.4 Å². The maximum Gasteiger partial charge on any atom is 0.319 e. The molecule has 0 saturated heterocycles. The molecule has 0 aromatic heterocycles.